The summed E-state index contributed by atoms with van der Waals surface area (Å²) in [7, 11) is 1.61. The Morgan fingerprint density at radius 2 is 1.69 bits per heavy atom. The van der Waals surface area contributed by atoms with E-state index in [2.05, 4.69) is 15.6 Å². The van der Waals surface area contributed by atoms with E-state index in [1.807, 2.05) is 49.4 Å². The van der Waals surface area contributed by atoms with Crippen molar-refractivity contribution in [2.75, 3.05) is 12.4 Å². The number of fused-ring (bicyclic) bond motifs is 1. The van der Waals surface area contributed by atoms with Gasteiger partial charge in [0.05, 0.1) is 12.8 Å². The zero-order chi connectivity index (χ0) is 22.7. The Labute approximate surface area is 190 Å². The van der Waals surface area contributed by atoms with Crippen LogP contribution in [0.5, 0.6) is 5.75 Å². The molecule has 3 N–H and O–H groups in total. The van der Waals surface area contributed by atoms with Crippen LogP contribution in [0.25, 0.3) is 10.9 Å². The number of benzene rings is 3. The van der Waals surface area contributed by atoms with Gasteiger partial charge in [-0.1, -0.05) is 35.4 Å². The fourth-order valence-electron chi connectivity index (χ4n) is 3.41. The Morgan fingerprint density at radius 1 is 0.969 bits per heavy atom. The molecule has 3 aromatic carbocycles. The van der Waals surface area contributed by atoms with Gasteiger partial charge in [-0.25, -0.2) is 0 Å². The van der Waals surface area contributed by atoms with E-state index in [0.717, 1.165) is 27.8 Å². The van der Waals surface area contributed by atoms with Gasteiger partial charge in [0.25, 0.3) is 11.8 Å². The first kappa shape index (κ1) is 21.5. The number of anilines is 1. The van der Waals surface area contributed by atoms with Gasteiger partial charge in [0.15, 0.2) is 0 Å². The summed E-state index contributed by atoms with van der Waals surface area (Å²) in [5.74, 6) is 0.104. The second-order valence-electron chi connectivity index (χ2n) is 7.42. The molecule has 162 valence electrons. The van der Waals surface area contributed by atoms with Crippen molar-refractivity contribution in [2.45, 2.75) is 13.5 Å². The Balaban J connectivity index is 1.61. The lowest BCUT2D eigenvalue weighted by molar-refractivity contribution is 0.0947. The number of hydrogen-bond donors (Lipinski definition) is 3. The number of aromatic amines is 1. The van der Waals surface area contributed by atoms with Crippen LogP contribution in [-0.2, 0) is 6.54 Å². The molecule has 0 unspecified atom stereocenters. The van der Waals surface area contributed by atoms with Crippen LogP contribution in [0.4, 0.5) is 5.69 Å². The van der Waals surface area contributed by atoms with Crippen LogP contribution in [0.2, 0.25) is 5.02 Å². The molecular formula is C25H22ClN3O3. The van der Waals surface area contributed by atoms with Crippen LogP contribution in [0.15, 0.2) is 66.7 Å². The fraction of sp³-hybridized carbons (Fsp3) is 0.120. The maximum absolute atomic E-state index is 13.0. The lowest BCUT2D eigenvalue weighted by Crippen LogP contribution is -2.25. The van der Waals surface area contributed by atoms with E-state index in [1.165, 1.54) is 0 Å². The lowest BCUT2D eigenvalue weighted by atomic mass is 10.1. The van der Waals surface area contributed by atoms with Gasteiger partial charge in [0.2, 0.25) is 0 Å². The number of aromatic nitrogens is 1. The number of aryl methyl sites for hydroxylation is 1. The molecule has 0 fully saturated rings. The minimum Gasteiger partial charge on any atom is -0.497 e. The Bertz CT molecular complexity index is 1280. The summed E-state index contributed by atoms with van der Waals surface area (Å²) in [5.41, 5.74) is 3.89. The highest BCUT2D eigenvalue weighted by atomic mass is 35.5. The average molecular weight is 448 g/mol. The molecule has 0 bridgehead atoms. The third kappa shape index (κ3) is 4.60. The molecule has 0 aliphatic heterocycles. The van der Waals surface area contributed by atoms with Crippen LogP contribution in [0.1, 0.15) is 32.0 Å². The number of H-pyrrole nitrogens is 1. The normalized spacial score (nSPS) is 10.7. The van der Waals surface area contributed by atoms with E-state index in [-0.39, 0.29) is 11.8 Å². The molecule has 0 spiro atoms. The number of amides is 2. The fourth-order valence-corrected chi connectivity index (χ4v) is 3.53. The maximum atomic E-state index is 13.0. The predicted molar refractivity (Wildman–Crippen MR) is 127 cm³/mol. The Kier molecular flexibility index (Phi) is 6.14. The number of methoxy groups -OCH3 is 1. The molecule has 0 atom stereocenters. The standard InChI is InChI=1S/C25H22ClN3O3/c1-15-3-12-21-20(13-15)22(29-24(30)17-6-8-18(26)9-7-17)23(28-21)25(31)27-14-16-4-10-19(32-2)11-5-16/h3-13,28H,14H2,1-2H3,(H,27,31)(H,29,30). The van der Waals surface area contributed by atoms with Crippen molar-refractivity contribution in [2.24, 2.45) is 0 Å². The van der Waals surface area contributed by atoms with Crippen molar-refractivity contribution in [3.8, 4) is 5.75 Å². The Morgan fingerprint density at radius 3 is 2.38 bits per heavy atom. The summed E-state index contributed by atoms with van der Waals surface area (Å²) in [6.07, 6.45) is 0. The monoisotopic (exact) mass is 447 g/mol. The molecule has 0 aliphatic rings. The topological polar surface area (TPSA) is 83.2 Å². The molecule has 0 saturated carbocycles. The van der Waals surface area contributed by atoms with Gasteiger partial charge in [-0.2, -0.15) is 0 Å². The summed E-state index contributed by atoms with van der Waals surface area (Å²) in [4.78, 5) is 29.0. The first-order valence-electron chi connectivity index (χ1n) is 10.0. The summed E-state index contributed by atoms with van der Waals surface area (Å²) in [6.45, 7) is 2.29. The van der Waals surface area contributed by atoms with Gasteiger partial charge in [0.1, 0.15) is 11.4 Å². The van der Waals surface area contributed by atoms with E-state index in [4.69, 9.17) is 16.3 Å². The molecule has 1 heterocycles. The van der Waals surface area contributed by atoms with Gasteiger partial charge in [-0.3, -0.25) is 9.59 Å². The molecule has 7 heteroatoms. The van der Waals surface area contributed by atoms with Crippen molar-refractivity contribution in [3.63, 3.8) is 0 Å². The van der Waals surface area contributed by atoms with E-state index >= 15 is 0 Å². The lowest BCUT2D eigenvalue weighted by Gasteiger charge is -2.09. The number of halogens is 1. The zero-order valence-electron chi connectivity index (χ0n) is 17.7. The maximum Gasteiger partial charge on any atom is 0.270 e. The van der Waals surface area contributed by atoms with Crippen LogP contribution >= 0.6 is 11.6 Å². The summed E-state index contributed by atoms with van der Waals surface area (Å²) >= 11 is 5.93. The third-order valence-corrected chi connectivity index (χ3v) is 5.39. The Hall–Kier alpha value is -3.77. The van der Waals surface area contributed by atoms with Crippen LogP contribution in [0.3, 0.4) is 0 Å². The van der Waals surface area contributed by atoms with Crippen molar-refractivity contribution in [3.05, 3.63) is 94.1 Å². The van der Waals surface area contributed by atoms with Crippen LogP contribution in [0, 0.1) is 6.92 Å². The minimum atomic E-state index is -0.326. The highest BCUT2D eigenvalue weighted by molar-refractivity contribution is 6.30. The van der Waals surface area contributed by atoms with E-state index in [0.29, 0.717) is 28.5 Å². The van der Waals surface area contributed by atoms with Crippen molar-refractivity contribution in [1.29, 1.82) is 0 Å². The largest absolute Gasteiger partial charge is 0.497 e. The summed E-state index contributed by atoms with van der Waals surface area (Å²) in [6, 6.07) is 19.8. The van der Waals surface area contributed by atoms with Gasteiger partial charge in [0, 0.05) is 28.0 Å². The van der Waals surface area contributed by atoms with E-state index < -0.39 is 0 Å². The summed E-state index contributed by atoms with van der Waals surface area (Å²) in [5, 5.41) is 7.12. The molecule has 2 amide bonds. The molecule has 0 saturated heterocycles. The quantitative estimate of drug-likeness (QED) is 0.374. The number of rotatable bonds is 6. The minimum absolute atomic E-state index is 0.293. The van der Waals surface area contributed by atoms with Crippen molar-refractivity contribution >= 4 is 40.0 Å². The first-order chi connectivity index (χ1) is 15.4. The first-order valence-corrected chi connectivity index (χ1v) is 10.4. The van der Waals surface area contributed by atoms with E-state index in [1.54, 1.807) is 31.4 Å². The SMILES string of the molecule is COc1ccc(CNC(=O)c2[nH]c3ccc(C)cc3c2NC(=O)c2ccc(Cl)cc2)cc1. The molecule has 0 radical (unpaired) electrons. The number of hydrogen-bond acceptors (Lipinski definition) is 3. The second-order valence-corrected chi connectivity index (χ2v) is 7.85. The van der Waals surface area contributed by atoms with Gasteiger partial charge in [-0.05, 0) is 61.0 Å². The smallest absolute Gasteiger partial charge is 0.270 e. The van der Waals surface area contributed by atoms with Gasteiger partial charge >= 0.3 is 0 Å². The van der Waals surface area contributed by atoms with Gasteiger partial charge < -0.3 is 20.4 Å². The van der Waals surface area contributed by atoms with Gasteiger partial charge in [-0.15, -0.1) is 0 Å². The molecule has 1 aromatic heterocycles. The number of carbonyl (C=O) groups is 2. The summed E-state index contributed by atoms with van der Waals surface area (Å²) < 4.78 is 5.16. The number of nitrogens with one attached hydrogen (secondary N) is 3. The zero-order valence-corrected chi connectivity index (χ0v) is 18.4. The van der Waals surface area contributed by atoms with Crippen molar-refractivity contribution in [1.82, 2.24) is 10.3 Å². The third-order valence-electron chi connectivity index (χ3n) is 5.14. The highest BCUT2D eigenvalue weighted by Crippen LogP contribution is 2.29. The predicted octanol–water partition coefficient (Wildman–Crippen LogP) is 5.32. The van der Waals surface area contributed by atoms with Crippen molar-refractivity contribution < 1.29 is 14.3 Å². The molecular weight excluding hydrogens is 426 g/mol. The molecule has 6 nitrogen and oxygen atoms in total. The average Bonchev–Trinajstić information content (AvgIpc) is 3.15. The number of carbonyl (C=O) groups excluding carboxylic acids is 2. The molecule has 32 heavy (non-hydrogen) atoms. The molecule has 4 aromatic rings. The molecule has 0 aliphatic carbocycles. The van der Waals surface area contributed by atoms with Crippen LogP contribution in [-0.4, -0.2) is 23.9 Å². The number of ether oxygens (including phenoxy) is 1. The van der Waals surface area contributed by atoms with Crippen LogP contribution < -0.4 is 15.4 Å². The highest BCUT2D eigenvalue weighted by Gasteiger charge is 2.20. The second kappa shape index (κ2) is 9.16. The molecule has 4 rings (SSSR count). The van der Waals surface area contributed by atoms with E-state index in [9.17, 15) is 9.59 Å².